The molecule has 62 heavy (non-hydrogen) atoms. The van der Waals surface area contributed by atoms with Crippen LogP contribution in [0.4, 0.5) is 17.1 Å². The molecule has 0 aliphatic heterocycles. The van der Waals surface area contributed by atoms with E-state index in [1.807, 2.05) is 11.3 Å². The molecule has 0 spiro atoms. The van der Waals surface area contributed by atoms with Crippen molar-refractivity contribution in [3.8, 4) is 27.9 Å². The number of hydrogen-bond donors (Lipinski definition) is 0. The maximum absolute atomic E-state index is 6.80. The molecule has 0 bridgehead atoms. The van der Waals surface area contributed by atoms with Crippen molar-refractivity contribution in [2.45, 2.75) is 0 Å². The highest BCUT2D eigenvalue weighted by Gasteiger charge is 2.24. The van der Waals surface area contributed by atoms with E-state index in [0.717, 1.165) is 61.0 Å². The van der Waals surface area contributed by atoms with Crippen LogP contribution < -0.4 is 4.90 Å². The molecule has 0 aliphatic carbocycles. The summed E-state index contributed by atoms with van der Waals surface area (Å²) in [5.41, 5.74) is 13.3. The second-order valence-corrected chi connectivity index (χ2v) is 17.1. The Hall–Kier alpha value is -7.92. The zero-order valence-corrected chi connectivity index (χ0v) is 34.3. The maximum Gasteiger partial charge on any atom is 0.143 e. The molecule has 10 aromatic carbocycles. The molecule has 0 atom stereocenters. The van der Waals surface area contributed by atoms with Crippen LogP contribution in [-0.2, 0) is 0 Å². The second kappa shape index (κ2) is 13.8. The highest BCUT2D eigenvalue weighted by atomic mass is 32.1. The largest absolute Gasteiger partial charge is 0.455 e. The lowest BCUT2D eigenvalue weighted by molar-refractivity contribution is 0.672. The van der Waals surface area contributed by atoms with Crippen molar-refractivity contribution in [2.24, 2.45) is 0 Å². The van der Waals surface area contributed by atoms with Crippen molar-refractivity contribution in [1.29, 1.82) is 0 Å². The van der Waals surface area contributed by atoms with Crippen molar-refractivity contribution in [1.82, 2.24) is 4.57 Å². The normalized spacial score (nSPS) is 11.9. The fraction of sp³-hybridized carbons (Fsp3) is 0. The summed E-state index contributed by atoms with van der Waals surface area (Å²) < 4.78 is 11.8. The summed E-state index contributed by atoms with van der Waals surface area (Å²) in [6.07, 6.45) is 0. The Labute approximate surface area is 361 Å². The summed E-state index contributed by atoms with van der Waals surface area (Å²) in [4.78, 5) is 2.45. The molecule has 3 nitrogen and oxygen atoms in total. The van der Waals surface area contributed by atoms with Gasteiger partial charge in [-0.3, -0.25) is 0 Å². The molecule has 0 radical (unpaired) electrons. The van der Waals surface area contributed by atoms with E-state index in [2.05, 4.69) is 228 Å². The van der Waals surface area contributed by atoms with E-state index in [1.165, 1.54) is 58.7 Å². The lowest BCUT2D eigenvalue weighted by Gasteiger charge is -2.29. The Kier molecular flexibility index (Phi) is 7.78. The summed E-state index contributed by atoms with van der Waals surface area (Å²) >= 11 is 1.86. The van der Waals surface area contributed by atoms with Crippen LogP contribution in [0.1, 0.15) is 0 Å². The molecule has 0 N–H and O–H groups in total. The third-order valence-corrected chi connectivity index (χ3v) is 13.7. The average Bonchev–Trinajstić information content (AvgIpc) is 4.03. The summed E-state index contributed by atoms with van der Waals surface area (Å²) in [5.74, 6) is 0. The quantitative estimate of drug-likeness (QED) is 0.167. The first-order valence-electron chi connectivity index (χ1n) is 21.1. The Morgan fingerprint density at radius 3 is 1.95 bits per heavy atom. The zero-order valence-electron chi connectivity index (χ0n) is 33.5. The molecule has 3 heterocycles. The maximum atomic E-state index is 6.80. The van der Waals surface area contributed by atoms with Crippen LogP contribution in [0, 0.1) is 0 Å². The van der Waals surface area contributed by atoms with Crippen molar-refractivity contribution >= 4 is 103 Å². The molecule has 0 unspecified atom stereocenters. The molecule has 0 amide bonds. The van der Waals surface area contributed by atoms with Gasteiger partial charge in [0.2, 0.25) is 0 Å². The number of rotatable bonds is 6. The van der Waals surface area contributed by atoms with Gasteiger partial charge >= 0.3 is 0 Å². The highest BCUT2D eigenvalue weighted by Crippen LogP contribution is 2.49. The Morgan fingerprint density at radius 2 is 1.05 bits per heavy atom. The number of para-hydroxylation sites is 3. The number of benzene rings is 10. The van der Waals surface area contributed by atoms with Crippen molar-refractivity contribution in [2.75, 3.05) is 4.90 Å². The van der Waals surface area contributed by atoms with Crippen LogP contribution in [0.2, 0.25) is 0 Å². The molecule has 290 valence electrons. The standard InChI is InChI=1S/C58H36N2OS/c1-2-16-39(17-3-1)59-49-25-10-7-20-45(49)55-41(22-12-26-50(55)59)38-31-34-40(35-32-38)60(51-27-14-28-52-57(51)47-36-33-37-15-4-5-18-42(37)58(47)61-52)48-24-9-6-19-43(48)44-23-13-30-54-56(44)46-21-8-11-29-53(46)62-54/h1-36H. The Balaban J connectivity index is 1.05. The van der Waals surface area contributed by atoms with Crippen LogP contribution in [0.25, 0.3) is 103 Å². The summed E-state index contributed by atoms with van der Waals surface area (Å²) in [6.45, 7) is 0. The molecule has 13 rings (SSSR count). The number of fused-ring (bicyclic) bond motifs is 11. The highest BCUT2D eigenvalue weighted by molar-refractivity contribution is 7.25. The Bertz CT molecular complexity index is 3870. The van der Waals surface area contributed by atoms with E-state index in [0.29, 0.717) is 0 Å². The smallest absolute Gasteiger partial charge is 0.143 e. The molecule has 0 fully saturated rings. The molecular weight excluding hydrogens is 773 g/mol. The van der Waals surface area contributed by atoms with Gasteiger partial charge in [-0.25, -0.2) is 0 Å². The van der Waals surface area contributed by atoms with E-state index >= 15 is 0 Å². The summed E-state index contributed by atoms with van der Waals surface area (Å²) in [6, 6.07) is 79.1. The zero-order chi connectivity index (χ0) is 40.7. The lowest BCUT2D eigenvalue weighted by atomic mass is 9.96. The predicted molar refractivity (Wildman–Crippen MR) is 264 cm³/mol. The fourth-order valence-electron chi connectivity index (χ4n) is 9.93. The van der Waals surface area contributed by atoms with E-state index < -0.39 is 0 Å². The minimum absolute atomic E-state index is 0.861. The third kappa shape index (κ3) is 5.24. The van der Waals surface area contributed by atoms with Gasteiger partial charge in [0.25, 0.3) is 0 Å². The SMILES string of the molecule is c1ccc(-n2c3ccccc3c3c(-c4ccc(N(c5ccccc5-c5cccc6sc7ccccc7c56)c5cccc6oc7c8ccccc8ccc7c56)cc4)cccc32)cc1. The van der Waals surface area contributed by atoms with Crippen LogP contribution >= 0.6 is 11.3 Å². The first-order valence-corrected chi connectivity index (χ1v) is 21.9. The van der Waals surface area contributed by atoms with Gasteiger partial charge < -0.3 is 13.9 Å². The monoisotopic (exact) mass is 808 g/mol. The Morgan fingerprint density at radius 1 is 0.387 bits per heavy atom. The predicted octanol–water partition coefficient (Wildman–Crippen LogP) is 17.0. The minimum atomic E-state index is 0.861. The molecular formula is C58H36N2OS. The van der Waals surface area contributed by atoms with Crippen LogP contribution in [0.3, 0.4) is 0 Å². The van der Waals surface area contributed by atoms with Crippen LogP contribution in [-0.4, -0.2) is 4.57 Å². The molecule has 3 aromatic heterocycles. The van der Waals surface area contributed by atoms with Gasteiger partial charge in [-0.1, -0.05) is 146 Å². The van der Waals surface area contributed by atoms with Crippen LogP contribution in [0.5, 0.6) is 0 Å². The van der Waals surface area contributed by atoms with Gasteiger partial charge in [-0.2, -0.15) is 0 Å². The molecule has 0 saturated carbocycles. The van der Waals surface area contributed by atoms with Gasteiger partial charge in [0.1, 0.15) is 11.2 Å². The number of furan rings is 1. The van der Waals surface area contributed by atoms with Gasteiger partial charge in [-0.15, -0.1) is 11.3 Å². The van der Waals surface area contributed by atoms with E-state index in [-0.39, 0.29) is 0 Å². The molecule has 0 saturated heterocycles. The third-order valence-electron chi connectivity index (χ3n) is 12.6. The lowest BCUT2D eigenvalue weighted by Crippen LogP contribution is -2.11. The van der Waals surface area contributed by atoms with E-state index in [4.69, 9.17) is 4.42 Å². The number of aromatic nitrogens is 1. The number of thiophene rings is 1. The molecule has 0 aliphatic rings. The van der Waals surface area contributed by atoms with Crippen molar-refractivity contribution in [3.05, 3.63) is 218 Å². The summed E-state index contributed by atoms with van der Waals surface area (Å²) in [5, 5.41) is 9.52. The summed E-state index contributed by atoms with van der Waals surface area (Å²) in [7, 11) is 0. The first-order chi connectivity index (χ1) is 30.8. The first kappa shape index (κ1) is 34.9. The van der Waals surface area contributed by atoms with E-state index in [9.17, 15) is 0 Å². The molecule has 13 aromatic rings. The number of nitrogens with zero attached hydrogens (tertiary/aromatic N) is 2. The number of anilines is 3. The van der Waals surface area contributed by atoms with Gasteiger partial charge in [-0.05, 0) is 94.9 Å². The number of hydrogen-bond acceptors (Lipinski definition) is 3. The minimum Gasteiger partial charge on any atom is -0.455 e. The van der Waals surface area contributed by atoms with Gasteiger partial charge in [0.15, 0.2) is 0 Å². The second-order valence-electron chi connectivity index (χ2n) is 16.0. The van der Waals surface area contributed by atoms with E-state index in [1.54, 1.807) is 0 Å². The fourth-order valence-corrected chi connectivity index (χ4v) is 11.1. The average molecular weight is 809 g/mol. The topological polar surface area (TPSA) is 21.3 Å². The molecule has 4 heteroatoms. The van der Waals surface area contributed by atoms with Gasteiger partial charge in [0, 0.05) is 58.7 Å². The van der Waals surface area contributed by atoms with Crippen LogP contribution in [0.15, 0.2) is 223 Å². The van der Waals surface area contributed by atoms with Crippen molar-refractivity contribution < 1.29 is 4.42 Å². The van der Waals surface area contributed by atoms with Crippen molar-refractivity contribution in [3.63, 3.8) is 0 Å². The van der Waals surface area contributed by atoms with Gasteiger partial charge in [0.05, 0.1) is 27.8 Å².